The van der Waals surface area contributed by atoms with Crippen LogP contribution in [-0.4, -0.2) is 88.4 Å². The van der Waals surface area contributed by atoms with Crippen LogP contribution in [0.2, 0.25) is 0 Å². The van der Waals surface area contributed by atoms with Gasteiger partial charge in [0.05, 0.1) is 35.6 Å². The molecule has 1 saturated heterocycles. The van der Waals surface area contributed by atoms with Gasteiger partial charge >= 0.3 is 6.03 Å². The molecule has 0 saturated carbocycles. The molecular weight excluding hydrogens is 635 g/mol. The van der Waals surface area contributed by atoms with Crippen molar-refractivity contribution in [3.8, 4) is 0 Å². The van der Waals surface area contributed by atoms with Crippen LogP contribution in [0.15, 0.2) is 46.1 Å². The van der Waals surface area contributed by atoms with E-state index in [1.165, 1.54) is 17.5 Å². The zero-order valence-corrected chi connectivity index (χ0v) is 28.7. The van der Waals surface area contributed by atoms with Gasteiger partial charge in [-0.1, -0.05) is 69.4 Å². The van der Waals surface area contributed by atoms with E-state index in [0.29, 0.717) is 26.1 Å². The number of thiazole rings is 2. The van der Waals surface area contributed by atoms with Crippen LogP contribution in [0.5, 0.6) is 0 Å². The third-order valence-electron chi connectivity index (χ3n) is 7.72. The van der Waals surface area contributed by atoms with Crippen molar-refractivity contribution in [1.82, 2.24) is 30.4 Å². The minimum Gasteiger partial charge on any atom is -0.390 e. The molecule has 0 spiro atoms. The van der Waals surface area contributed by atoms with E-state index in [4.69, 9.17) is 5.73 Å². The van der Waals surface area contributed by atoms with E-state index in [-0.39, 0.29) is 39.7 Å². The zero-order chi connectivity index (χ0) is 32.9. The summed E-state index contributed by atoms with van der Waals surface area (Å²) in [6.45, 7) is 10.4. The Morgan fingerprint density at radius 3 is 2.42 bits per heavy atom. The van der Waals surface area contributed by atoms with Crippen LogP contribution >= 0.6 is 22.7 Å². The average molecular weight is 678 g/mol. The molecule has 2 aromatic heterocycles. The second-order valence-corrected chi connectivity index (χ2v) is 16.4. The molecule has 45 heavy (non-hydrogen) atoms. The number of carbonyl (C=O) groups is 2. The van der Waals surface area contributed by atoms with E-state index in [2.05, 4.69) is 20.6 Å². The first-order valence-corrected chi connectivity index (χ1v) is 18.2. The van der Waals surface area contributed by atoms with Gasteiger partial charge < -0.3 is 26.0 Å². The van der Waals surface area contributed by atoms with Gasteiger partial charge in [0.2, 0.25) is 15.7 Å². The van der Waals surface area contributed by atoms with E-state index >= 15 is 0 Å². The van der Waals surface area contributed by atoms with E-state index in [9.17, 15) is 23.1 Å². The molecular formula is C30H43N7O5S3. The van der Waals surface area contributed by atoms with Crippen molar-refractivity contribution in [2.75, 3.05) is 25.4 Å². The molecule has 1 aliphatic heterocycles. The quantitative estimate of drug-likeness (QED) is 0.189. The molecule has 0 aliphatic carbocycles. The number of nitrogen functional groups attached to an aromatic ring is 1. The second kappa shape index (κ2) is 15.0. The highest BCUT2D eigenvalue weighted by Gasteiger charge is 2.40. The van der Waals surface area contributed by atoms with Gasteiger partial charge in [-0.3, -0.25) is 10.1 Å². The molecule has 246 valence electrons. The van der Waals surface area contributed by atoms with Gasteiger partial charge in [0.25, 0.3) is 0 Å². The number of hydrogen-bond acceptors (Lipinski definition) is 11. The first kappa shape index (κ1) is 34.8. The number of benzene rings is 1. The van der Waals surface area contributed by atoms with Crippen molar-refractivity contribution in [3.63, 3.8) is 0 Å². The molecule has 3 amide bonds. The Labute approximate surface area is 273 Å². The van der Waals surface area contributed by atoms with Gasteiger partial charge in [-0.05, 0) is 30.7 Å². The van der Waals surface area contributed by atoms with Crippen LogP contribution in [-0.2, 0) is 27.6 Å². The van der Waals surface area contributed by atoms with Crippen molar-refractivity contribution in [1.29, 1.82) is 0 Å². The number of nitrogens with two attached hydrogens (primary N) is 1. The third kappa shape index (κ3) is 8.58. The van der Waals surface area contributed by atoms with Crippen LogP contribution in [0.25, 0.3) is 0 Å². The fraction of sp³-hybridized carbons (Fsp3) is 0.533. The highest BCUT2D eigenvalue weighted by atomic mass is 32.2. The smallest absolute Gasteiger partial charge is 0.321 e. The van der Waals surface area contributed by atoms with Crippen LogP contribution in [0.1, 0.15) is 44.0 Å². The molecule has 0 unspecified atom stereocenters. The number of nitrogens with one attached hydrogen (secondary N) is 2. The summed E-state index contributed by atoms with van der Waals surface area (Å²) in [5, 5.41) is 19.5. The molecule has 0 bridgehead atoms. The summed E-state index contributed by atoms with van der Waals surface area (Å²) in [5.74, 6) is -0.918. The van der Waals surface area contributed by atoms with Crippen molar-refractivity contribution >= 4 is 49.6 Å². The number of rotatable bonds is 15. The van der Waals surface area contributed by atoms with Crippen molar-refractivity contribution in [2.45, 2.75) is 75.4 Å². The van der Waals surface area contributed by atoms with E-state index in [0.717, 1.165) is 27.6 Å². The van der Waals surface area contributed by atoms with Gasteiger partial charge in [-0.25, -0.2) is 23.2 Å². The van der Waals surface area contributed by atoms with E-state index in [1.807, 2.05) is 56.5 Å². The summed E-state index contributed by atoms with van der Waals surface area (Å²) in [5.41, 5.74) is 7.39. The number of urea groups is 1. The summed E-state index contributed by atoms with van der Waals surface area (Å²) in [4.78, 5) is 39.0. The monoisotopic (exact) mass is 677 g/mol. The highest BCUT2D eigenvalue weighted by molar-refractivity contribution is 7.94. The minimum atomic E-state index is -3.84. The van der Waals surface area contributed by atoms with Gasteiger partial charge in [0, 0.05) is 25.0 Å². The number of hydrogen-bond donors (Lipinski definition) is 4. The predicted octanol–water partition coefficient (Wildman–Crippen LogP) is 2.89. The topological polar surface area (TPSA) is 171 Å². The molecule has 12 nitrogen and oxygen atoms in total. The van der Waals surface area contributed by atoms with Crippen molar-refractivity contribution in [3.05, 3.63) is 58.2 Å². The lowest BCUT2D eigenvalue weighted by molar-refractivity contribution is -0.128. The Hall–Kier alpha value is -3.11. The molecule has 4 rings (SSSR count). The SMILES string of the molecule is Cc1nc(CN2CCN([C@H](C(=O)N[C@@H](Cc3ccccc3)[C@H](O)CN[C@H](C(C)C)S(=O)(=O)c3cnc(N)s3)C(C)C)C2=O)cs1. The molecule has 0 radical (unpaired) electrons. The number of nitrogens with zero attached hydrogens (tertiary/aromatic N) is 4. The van der Waals surface area contributed by atoms with E-state index < -0.39 is 33.4 Å². The maximum absolute atomic E-state index is 13.9. The molecule has 3 aromatic rings. The Morgan fingerprint density at radius 1 is 1.13 bits per heavy atom. The van der Waals surface area contributed by atoms with Crippen LogP contribution in [0.3, 0.4) is 0 Å². The zero-order valence-electron chi connectivity index (χ0n) is 26.2. The summed E-state index contributed by atoms with van der Waals surface area (Å²) in [6, 6.07) is 7.66. The maximum atomic E-state index is 13.9. The summed E-state index contributed by atoms with van der Waals surface area (Å²) in [7, 11) is -3.84. The number of sulfone groups is 1. The lowest BCUT2D eigenvalue weighted by atomic mass is 9.97. The minimum absolute atomic E-state index is 0.0452. The Balaban J connectivity index is 1.50. The fourth-order valence-corrected chi connectivity index (χ4v) is 9.05. The number of aliphatic hydroxyl groups is 1. The van der Waals surface area contributed by atoms with E-state index in [1.54, 1.807) is 23.6 Å². The predicted molar refractivity (Wildman–Crippen MR) is 176 cm³/mol. The van der Waals surface area contributed by atoms with Gasteiger partial charge in [0.1, 0.15) is 15.6 Å². The molecule has 15 heteroatoms. The number of aliphatic hydroxyl groups excluding tert-OH is 1. The first-order valence-electron chi connectivity index (χ1n) is 15.0. The number of amides is 3. The Kier molecular flexibility index (Phi) is 11.6. The molecule has 5 N–H and O–H groups in total. The lowest BCUT2D eigenvalue weighted by Crippen LogP contribution is -2.57. The summed E-state index contributed by atoms with van der Waals surface area (Å²) < 4.78 is 26.8. The van der Waals surface area contributed by atoms with Crippen LogP contribution in [0, 0.1) is 18.8 Å². The summed E-state index contributed by atoms with van der Waals surface area (Å²) >= 11 is 2.42. The van der Waals surface area contributed by atoms with Gasteiger partial charge in [-0.15, -0.1) is 11.3 Å². The van der Waals surface area contributed by atoms with Gasteiger partial charge in [-0.2, -0.15) is 0 Å². The van der Waals surface area contributed by atoms with Crippen molar-refractivity contribution < 1.29 is 23.1 Å². The second-order valence-electron chi connectivity index (χ2n) is 12.0. The molecule has 1 aromatic carbocycles. The lowest BCUT2D eigenvalue weighted by Gasteiger charge is -2.33. The molecule has 3 heterocycles. The largest absolute Gasteiger partial charge is 0.390 e. The normalized spacial score (nSPS) is 16.8. The van der Waals surface area contributed by atoms with Crippen LogP contribution < -0.4 is 16.4 Å². The first-order chi connectivity index (χ1) is 21.3. The molecule has 1 fully saturated rings. The number of carbonyl (C=O) groups excluding carboxylic acids is 2. The average Bonchev–Trinajstić information content (AvgIpc) is 3.70. The van der Waals surface area contributed by atoms with Crippen molar-refractivity contribution in [2.24, 2.45) is 11.8 Å². The fourth-order valence-electron chi connectivity index (χ4n) is 5.52. The molecule has 1 aliphatic rings. The maximum Gasteiger partial charge on any atom is 0.321 e. The Bertz CT molecular complexity index is 1540. The number of aryl methyl sites for hydroxylation is 1. The standard InChI is InChI=1S/C30H43N7O5S3/c1-18(2)26(37-12-11-36(30(37)40)16-22-17-43-20(5)34-22)27(39)35-23(13-21-9-7-6-8-10-21)24(38)14-32-28(19(3)4)45(41,42)25-15-33-29(31)44-25/h6-10,15,17-19,23-24,26,28,32,38H,11-14,16H2,1-5H3,(H2,31,33)(H,35,39)/t23-,24+,26-,28-/m0/s1. The highest BCUT2D eigenvalue weighted by Crippen LogP contribution is 2.27. The number of anilines is 1. The molecule has 4 atom stereocenters. The number of aromatic nitrogens is 2. The third-order valence-corrected chi connectivity index (χ3v) is 12.2. The Morgan fingerprint density at radius 2 is 1.84 bits per heavy atom. The van der Waals surface area contributed by atoms with Gasteiger partial charge in [0.15, 0.2) is 5.13 Å². The van der Waals surface area contributed by atoms with Crippen LogP contribution in [0.4, 0.5) is 9.93 Å². The summed E-state index contributed by atoms with van der Waals surface area (Å²) in [6.07, 6.45) is 0.392.